The van der Waals surface area contributed by atoms with E-state index in [0.29, 0.717) is 5.17 Å². The third-order valence-electron chi connectivity index (χ3n) is 1.22. The molecule has 1 heterocycles. The highest BCUT2D eigenvalue weighted by Crippen LogP contribution is 2.00. The van der Waals surface area contributed by atoms with Crippen LogP contribution >= 0.6 is 11.6 Å². The second-order valence-electron chi connectivity index (χ2n) is 2.13. The van der Waals surface area contributed by atoms with Crippen LogP contribution in [0.3, 0.4) is 0 Å². The molecule has 1 atom stereocenters. The Bertz CT molecular complexity index is 255. The molecular weight excluding hydrogens is 164 g/mol. The number of halogens is 1. The van der Waals surface area contributed by atoms with Crippen LogP contribution in [0.15, 0.2) is 22.3 Å². The summed E-state index contributed by atoms with van der Waals surface area (Å²) < 4.78 is 0. The van der Waals surface area contributed by atoms with E-state index in [4.69, 9.17) is 11.6 Å². The van der Waals surface area contributed by atoms with Gasteiger partial charge in [-0.15, -0.1) is 0 Å². The summed E-state index contributed by atoms with van der Waals surface area (Å²) in [6, 6.07) is -0.421. The molecule has 1 rings (SSSR count). The lowest BCUT2D eigenvalue weighted by atomic mass is 10.2. The van der Waals surface area contributed by atoms with Crippen LogP contribution in [-0.2, 0) is 4.79 Å². The summed E-state index contributed by atoms with van der Waals surface area (Å²) in [5.41, 5.74) is 0. The lowest BCUT2D eigenvalue weighted by molar-refractivity contribution is -0.117. The maximum Gasteiger partial charge on any atom is 0.158 e. The average Bonchev–Trinajstić information content (AvgIpc) is 2.13. The van der Waals surface area contributed by atoms with Gasteiger partial charge in [0, 0.05) is 6.20 Å². The van der Waals surface area contributed by atoms with Crippen molar-refractivity contribution in [3.8, 4) is 0 Å². The summed E-state index contributed by atoms with van der Waals surface area (Å²) in [7, 11) is 0. The SMILES string of the molecule is CC(=O)C1C=CN=C(Cl)C=N1. The van der Waals surface area contributed by atoms with Gasteiger partial charge in [0.15, 0.2) is 5.78 Å². The van der Waals surface area contributed by atoms with Crippen molar-refractivity contribution in [2.75, 3.05) is 0 Å². The zero-order valence-corrected chi connectivity index (χ0v) is 6.75. The fourth-order valence-electron chi connectivity index (χ4n) is 0.661. The van der Waals surface area contributed by atoms with Crippen LogP contribution in [0.5, 0.6) is 0 Å². The predicted molar refractivity (Wildman–Crippen MR) is 45.4 cm³/mol. The Balaban J connectivity index is 2.79. The minimum atomic E-state index is -0.421. The van der Waals surface area contributed by atoms with Gasteiger partial charge in [-0.05, 0) is 13.0 Å². The Morgan fingerprint density at radius 2 is 2.45 bits per heavy atom. The van der Waals surface area contributed by atoms with Crippen LogP contribution < -0.4 is 0 Å². The first kappa shape index (κ1) is 8.14. The molecule has 0 radical (unpaired) electrons. The Morgan fingerprint density at radius 3 is 3.09 bits per heavy atom. The summed E-state index contributed by atoms with van der Waals surface area (Å²) in [6.07, 6.45) is 4.48. The molecule has 58 valence electrons. The fraction of sp³-hybridized carbons (Fsp3) is 0.286. The first-order chi connectivity index (χ1) is 5.20. The second kappa shape index (κ2) is 3.44. The number of carbonyl (C=O) groups is 1. The van der Waals surface area contributed by atoms with E-state index in [9.17, 15) is 4.79 Å². The molecule has 0 aromatic heterocycles. The third kappa shape index (κ3) is 2.27. The normalized spacial score (nSPS) is 22.7. The Labute approximate surface area is 69.5 Å². The monoisotopic (exact) mass is 170 g/mol. The van der Waals surface area contributed by atoms with E-state index in [2.05, 4.69) is 9.98 Å². The molecule has 1 unspecified atom stereocenters. The van der Waals surface area contributed by atoms with Crippen molar-refractivity contribution in [2.24, 2.45) is 9.98 Å². The van der Waals surface area contributed by atoms with E-state index in [1.54, 1.807) is 6.08 Å². The highest BCUT2D eigenvalue weighted by Gasteiger charge is 2.08. The number of hydrogen-bond acceptors (Lipinski definition) is 3. The topological polar surface area (TPSA) is 41.8 Å². The molecule has 3 nitrogen and oxygen atoms in total. The Morgan fingerprint density at radius 1 is 1.73 bits per heavy atom. The van der Waals surface area contributed by atoms with Gasteiger partial charge in [0.05, 0.1) is 6.21 Å². The number of hydrogen-bond donors (Lipinski definition) is 0. The van der Waals surface area contributed by atoms with Crippen molar-refractivity contribution in [1.29, 1.82) is 0 Å². The van der Waals surface area contributed by atoms with Crippen LogP contribution in [0.4, 0.5) is 0 Å². The highest BCUT2D eigenvalue weighted by atomic mass is 35.5. The largest absolute Gasteiger partial charge is 0.297 e. The predicted octanol–water partition coefficient (Wildman–Crippen LogP) is 1.18. The van der Waals surface area contributed by atoms with E-state index < -0.39 is 6.04 Å². The summed E-state index contributed by atoms with van der Waals surface area (Å²) in [5, 5.41) is 0.296. The molecule has 0 spiro atoms. The van der Waals surface area contributed by atoms with Crippen molar-refractivity contribution in [1.82, 2.24) is 0 Å². The molecule has 0 aromatic carbocycles. The molecular formula is C7H7ClN2O. The zero-order valence-electron chi connectivity index (χ0n) is 5.99. The summed E-state index contributed by atoms with van der Waals surface area (Å²) in [4.78, 5) is 18.4. The van der Waals surface area contributed by atoms with Gasteiger partial charge in [0.25, 0.3) is 0 Å². The third-order valence-corrected chi connectivity index (χ3v) is 1.42. The van der Waals surface area contributed by atoms with Gasteiger partial charge < -0.3 is 0 Å². The number of Topliss-reactive ketones (excluding diaryl/α,β-unsaturated/α-hetero) is 1. The van der Waals surface area contributed by atoms with E-state index in [1.165, 1.54) is 19.3 Å². The Kier molecular flexibility index (Phi) is 2.54. The second-order valence-corrected chi connectivity index (χ2v) is 2.51. The van der Waals surface area contributed by atoms with E-state index in [1.807, 2.05) is 0 Å². The lowest BCUT2D eigenvalue weighted by Crippen LogP contribution is -2.11. The quantitative estimate of drug-likeness (QED) is 0.583. The molecule has 0 N–H and O–H groups in total. The number of rotatable bonds is 1. The minimum absolute atomic E-state index is 0.0148. The molecule has 0 saturated carbocycles. The number of ketones is 1. The molecule has 4 heteroatoms. The molecule has 1 aliphatic rings. The lowest BCUT2D eigenvalue weighted by Gasteiger charge is -1.97. The van der Waals surface area contributed by atoms with Crippen LogP contribution in [0, 0.1) is 0 Å². The van der Waals surface area contributed by atoms with Gasteiger partial charge >= 0.3 is 0 Å². The molecule has 0 amide bonds. The minimum Gasteiger partial charge on any atom is -0.297 e. The Hall–Kier alpha value is -0.960. The van der Waals surface area contributed by atoms with Gasteiger partial charge in [-0.25, -0.2) is 4.99 Å². The summed E-state index contributed by atoms with van der Waals surface area (Å²) in [6.45, 7) is 1.48. The maximum atomic E-state index is 10.8. The van der Waals surface area contributed by atoms with Crippen molar-refractivity contribution in [3.63, 3.8) is 0 Å². The van der Waals surface area contributed by atoms with E-state index >= 15 is 0 Å². The van der Waals surface area contributed by atoms with E-state index in [0.717, 1.165) is 0 Å². The van der Waals surface area contributed by atoms with E-state index in [-0.39, 0.29) is 5.78 Å². The maximum absolute atomic E-state index is 10.8. The molecule has 0 aromatic rings. The molecule has 1 aliphatic heterocycles. The molecule has 11 heavy (non-hydrogen) atoms. The van der Waals surface area contributed by atoms with Gasteiger partial charge in [-0.1, -0.05) is 11.6 Å². The average molecular weight is 171 g/mol. The highest BCUT2D eigenvalue weighted by molar-refractivity contribution is 6.80. The first-order valence-electron chi connectivity index (χ1n) is 3.14. The fourth-order valence-corrected chi connectivity index (χ4v) is 0.774. The summed E-state index contributed by atoms with van der Waals surface area (Å²) >= 11 is 5.53. The first-order valence-corrected chi connectivity index (χ1v) is 3.51. The van der Waals surface area contributed by atoms with Crippen LogP contribution in [0.25, 0.3) is 0 Å². The van der Waals surface area contributed by atoms with Gasteiger partial charge in [0.1, 0.15) is 11.2 Å². The number of aliphatic imine (C=N–C) groups is 2. The standard InChI is InChI=1S/C7H7ClN2O/c1-5(11)6-2-3-9-7(8)4-10-6/h2-4,6H,1H3. The number of nitrogens with zero attached hydrogens (tertiary/aromatic N) is 2. The molecule has 0 bridgehead atoms. The summed E-state index contributed by atoms with van der Waals surface area (Å²) in [5.74, 6) is -0.0148. The van der Waals surface area contributed by atoms with Crippen molar-refractivity contribution < 1.29 is 4.79 Å². The molecule has 0 saturated heterocycles. The van der Waals surface area contributed by atoms with Crippen molar-refractivity contribution >= 4 is 28.8 Å². The van der Waals surface area contributed by atoms with Crippen molar-refractivity contribution in [2.45, 2.75) is 13.0 Å². The molecule has 0 aliphatic carbocycles. The van der Waals surface area contributed by atoms with Gasteiger partial charge in [-0.2, -0.15) is 0 Å². The molecule has 0 fully saturated rings. The smallest absolute Gasteiger partial charge is 0.158 e. The van der Waals surface area contributed by atoms with Gasteiger partial charge in [-0.3, -0.25) is 9.79 Å². The van der Waals surface area contributed by atoms with Crippen molar-refractivity contribution in [3.05, 3.63) is 12.3 Å². The van der Waals surface area contributed by atoms with Gasteiger partial charge in [0.2, 0.25) is 0 Å². The van der Waals surface area contributed by atoms with Crippen LogP contribution in [0.2, 0.25) is 0 Å². The number of carbonyl (C=O) groups excluding carboxylic acids is 1. The zero-order chi connectivity index (χ0) is 8.27. The van der Waals surface area contributed by atoms with Crippen LogP contribution in [-0.4, -0.2) is 23.2 Å². The van der Waals surface area contributed by atoms with Crippen LogP contribution in [0.1, 0.15) is 6.92 Å².